The maximum atomic E-state index is 10.6. The van der Waals surface area contributed by atoms with E-state index in [0.29, 0.717) is 12.5 Å². The normalized spacial score (nSPS) is 12.9. The lowest BCUT2D eigenvalue weighted by Crippen LogP contribution is -2.22. The molecule has 1 rings (SSSR count). The summed E-state index contributed by atoms with van der Waals surface area (Å²) in [5.74, 6) is 0.780. The van der Waals surface area contributed by atoms with Gasteiger partial charge in [-0.25, -0.2) is 4.79 Å². The van der Waals surface area contributed by atoms with E-state index in [9.17, 15) is 9.90 Å². The molecule has 1 aromatic rings. The first-order valence-corrected chi connectivity index (χ1v) is 6.31. The third kappa shape index (κ3) is 3.29. The average molecular weight is 255 g/mol. The van der Waals surface area contributed by atoms with E-state index in [4.69, 9.17) is 5.11 Å². The van der Waals surface area contributed by atoms with Gasteiger partial charge in [-0.05, 0) is 19.8 Å². The van der Waals surface area contributed by atoms with Gasteiger partial charge in [0.1, 0.15) is 11.6 Å². The summed E-state index contributed by atoms with van der Waals surface area (Å²) in [6.45, 7) is 6.45. The number of aromatic nitrogens is 3. The minimum Gasteiger partial charge on any atom is -0.479 e. The largest absolute Gasteiger partial charge is 0.479 e. The molecule has 0 aromatic carbocycles. The molecule has 0 saturated heterocycles. The molecule has 0 radical (unpaired) electrons. The zero-order valence-corrected chi connectivity index (χ0v) is 11.1. The molecule has 0 fully saturated rings. The number of rotatable bonds is 7. The minimum atomic E-state index is -1.33. The standard InChI is InChI=1S/C12H21N3O3/c1-4-9(5-2)11-14-13-8(3)15(11)7-6-10(16)12(17)18/h9-10,16H,4-7H2,1-3H3,(H,17,18). The first kappa shape index (κ1) is 14.6. The van der Waals surface area contributed by atoms with E-state index in [-0.39, 0.29) is 6.42 Å². The molecule has 0 spiro atoms. The van der Waals surface area contributed by atoms with Gasteiger partial charge in [-0.15, -0.1) is 10.2 Å². The Kier molecular flexibility index (Phi) is 5.27. The average Bonchev–Trinajstić information content (AvgIpc) is 2.69. The van der Waals surface area contributed by atoms with Crippen LogP contribution >= 0.6 is 0 Å². The van der Waals surface area contributed by atoms with Crippen molar-refractivity contribution >= 4 is 5.97 Å². The predicted molar refractivity (Wildman–Crippen MR) is 66.3 cm³/mol. The number of carboxylic acids is 1. The molecule has 0 aliphatic heterocycles. The van der Waals surface area contributed by atoms with E-state index >= 15 is 0 Å². The van der Waals surface area contributed by atoms with Crippen molar-refractivity contribution in [3.8, 4) is 0 Å². The SMILES string of the molecule is CCC(CC)c1nnc(C)n1CCC(O)C(=O)O. The number of hydrogen-bond donors (Lipinski definition) is 2. The van der Waals surface area contributed by atoms with E-state index < -0.39 is 12.1 Å². The van der Waals surface area contributed by atoms with Crippen molar-refractivity contribution in [2.75, 3.05) is 0 Å². The van der Waals surface area contributed by atoms with Crippen LogP contribution in [0.3, 0.4) is 0 Å². The third-order valence-corrected chi connectivity index (χ3v) is 3.23. The monoisotopic (exact) mass is 255 g/mol. The van der Waals surface area contributed by atoms with E-state index in [0.717, 1.165) is 24.5 Å². The lowest BCUT2D eigenvalue weighted by atomic mass is 10.0. The molecule has 0 aliphatic rings. The number of aliphatic hydroxyl groups excluding tert-OH is 1. The van der Waals surface area contributed by atoms with Gasteiger partial charge in [0.2, 0.25) is 0 Å². The summed E-state index contributed by atoms with van der Waals surface area (Å²) in [6, 6.07) is 0. The van der Waals surface area contributed by atoms with Crippen molar-refractivity contribution in [2.24, 2.45) is 0 Å². The molecule has 2 N–H and O–H groups in total. The molecule has 6 nitrogen and oxygen atoms in total. The van der Waals surface area contributed by atoms with Crippen LogP contribution in [0.25, 0.3) is 0 Å². The van der Waals surface area contributed by atoms with Gasteiger partial charge in [-0.1, -0.05) is 13.8 Å². The van der Waals surface area contributed by atoms with Gasteiger partial charge < -0.3 is 14.8 Å². The fourth-order valence-electron chi connectivity index (χ4n) is 2.00. The molecule has 6 heteroatoms. The molecule has 1 heterocycles. The maximum Gasteiger partial charge on any atom is 0.332 e. The Bertz CT molecular complexity index is 399. The number of nitrogens with zero attached hydrogens (tertiary/aromatic N) is 3. The predicted octanol–water partition coefficient (Wildman–Crippen LogP) is 1.33. The van der Waals surface area contributed by atoms with Crippen LogP contribution in [0.5, 0.6) is 0 Å². The molecule has 1 atom stereocenters. The molecular formula is C12H21N3O3. The summed E-state index contributed by atoms with van der Waals surface area (Å²) in [5.41, 5.74) is 0. The molecule has 0 saturated carbocycles. The summed E-state index contributed by atoms with van der Waals surface area (Å²) in [5, 5.41) is 26.2. The van der Waals surface area contributed by atoms with E-state index in [1.807, 2.05) is 11.5 Å². The van der Waals surface area contributed by atoms with Crippen molar-refractivity contribution in [3.63, 3.8) is 0 Å². The van der Waals surface area contributed by atoms with Crippen LogP contribution in [-0.2, 0) is 11.3 Å². The highest BCUT2D eigenvalue weighted by atomic mass is 16.4. The fourth-order valence-corrected chi connectivity index (χ4v) is 2.00. The van der Waals surface area contributed by atoms with Gasteiger partial charge in [0.05, 0.1) is 0 Å². The van der Waals surface area contributed by atoms with Crippen LogP contribution in [0, 0.1) is 6.92 Å². The Morgan fingerprint density at radius 1 is 1.33 bits per heavy atom. The molecule has 0 bridgehead atoms. The highest BCUT2D eigenvalue weighted by molar-refractivity contribution is 5.71. The maximum absolute atomic E-state index is 10.6. The summed E-state index contributed by atoms with van der Waals surface area (Å²) >= 11 is 0. The first-order valence-electron chi connectivity index (χ1n) is 6.31. The van der Waals surface area contributed by atoms with E-state index in [2.05, 4.69) is 24.0 Å². The van der Waals surface area contributed by atoms with Crippen molar-refractivity contribution < 1.29 is 15.0 Å². The highest BCUT2D eigenvalue weighted by Crippen LogP contribution is 2.22. The van der Waals surface area contributed by atoms with Crippen LogP contribution in [0.4, 0.5) is 0 Å². The van der Waals surface area contributed by atoms with Crippen molar-refractivity contribution in [1.82, 2.24) is 14.8 Å². The summed E-state index contributed by atoms with van der Waals surface area (Å²) in [7, 11) is 0. The highest BCUT2D eigenvalue weighted by Gasteiger charge is 2.19. The second-order valence-corrected chi connectivity index (χ2v) is 4.41. The number of hydrogen-bond acceptors (Lipinski definition) is 4. The Hall–Kier alpha value is -1.43. The van der Waals surface area contributed by atoms with E-state index in [1.165, 1.54) is 0 Å². The van der Waals surface area contributed by atoms with Gasteiger partial charge >= 0.3 is 5.97 Å². The van der Waals surface area contributed by atoms with E-state index in [1.54, 1.807) is 0 Å². The van der Waals surface area contributed by atoms with Crippen LogP contribution < -0.4 is 0 Å². The molecule has 1 aromatic heterocycles. The fraction of sp³-hybridized carbons (Fsp3) is 0.750. The topological polar surface area (TPSA) is 88.2 Å². The number of aryl methyl sites for hydroxylation is 1. The molecule has 18 heavy (non-hydrogen) atoms. The lowest BCUT2D eigenvalue weighted by molar-refractivity contribution is -0.147. The quantitative estimate of drug-likeness (QED) is 0.767. The Balaban J connectivity index is 2.81. The van der Waals surface area contributed by atoms with Gasteiger partial charge in [0.25, 0.3) is 0 Å². The Morgan fingerprint density at radius 3 is 2.44 bits per heavy atom. The van der Waals surface area contributed by atoms with Gasteiger partial charge in [0, 0.05) is 18.9 Å². The number of carbonyl (C=O) groups is 1. The zero-order chi connectivity index (χ0) is 13.7. The summed E-state index contributed by atoms with van der Waals surface area (Å²) in [6.07, 6.45) is 0.773. The van der Waals surface area contributed by atoms with Crippen molar-refractivity contribution in [1.29, 1.82) is 0 Å². The van der Waals surface area contributed by atoms with Crippen molar-refractivity contribution in [2.45, 2.75) is 58.6 Å². The van der Waals surface area contributed by atoms with Crippen LogP contribution in [0.15, 0.2) is 0 Å². The first-order chi connectivity index (χ1) is 8.51. The van der Waals surface area contributed by atoms with Crippen LogP contribution in [-0.4, -0.2) is 37.1 Å². The molecule has 0 aliphatic carbocycles. The van der Waals surface area contributed by atoms with Gasteiger partial charge in [-0.2, -0.15) is 0 Å². The lowest BCUT2D eigenvalue weighted by Gasteiger charge is -2.15. The van der Waals surface area contributed by atoms with Crippen LogP contribution in [0.2, 0.25) is 0 Å². The third-order valence-electron chi connectivity index (χ3n) is 3.23. The Morgan fingerprint density at radius 2 is 1.94 bits per heavy atom. The minimum absolute atomic E-state index is 0.168. The second kappa shape index (κ2) is 6.49. The number of aliphatic carboxylic acids is 1. The van der Waals surface area contributed by atoms with Crippen LogP contribution in [0.1, 0.15) is 50.7 Å². The number of aliphatic hydroxyl groups is 1. The molecule has 0 amide bonds. The molecule has 1 unspecified atom stereocenters. The smallest absolute Gasteiger partial charge is 0.332 e. The summed E-state index contributed by atoms with van der Waals surface area (Å²) in [4.78, 5) is 10.6. The molecular weight excluding hydrogens is 234 g/mol. The molecule has 102 valence electrons. The Labute approximate surface area is 107 Å². The van der Waals surface area contributed by atoms with Gasteiger partial charge in [0.15, 0.2) is 6.10 Å². The summed E-state index contributed by atoms with van der Waals surface area (Å²) < 4.78 is 1.91. The van der Waals surface area contributed by atoms with Crippen molar-refractivity contribution in [3.05, 3.63) is 11.6 Å². The number of carboxylic acid groups (broad SMARTS) is 1. The second-order valence-electron chi connectivity index (χ2n) is 4.41. The zero-order valence-electron chi connectivity index (χ0n) is 11.1. The van der Waals surface area contributed by atoms with Gasteiger partial charge in [-0.3, -0.25) is 0 Å².